The number of furan rings is 1. The second-order valence-corrected chi connectivity index (χ2v) is 9.12. The van der Waals surface area contributed by atoms with Crippen molar-refractivity contribution in [2.45, 2.75) is 43.1 Å². The fourth-order valence-corrected chi connectivity index (χ4v) is 4.67. The maximum atomic E-state index is 12.9. The highest BCUT2D eigenvalue weighted by atomic mass is 32.2. The molecule has 10 heteroatoms. The first-order valence-corrected chi connectivity index (χ1v) is 11.6. The molecule has 3 aromatic rings. The molecule has 1 N–H and O–H groups in total. The molecule has 2 aliphatic rings. The van der Waals surface area contributed by atoms with E-state index in [1.165, 1.54) is 18.2 Å². The van der Waals surface area contributed by atoms with Gasteiger partial charge in [-0.15, -0.1) is 10.2 Å². The summed E-state index contributed by atoms with van der Waals surface area (Å²) in [5.74, 6) is 2.84. The third-order valence-corrected chi connectivity index (χ3v) is 6.60. The zero-order chi connectivity index (χ0) is 21.9. The Morgan fingerprint density at radius 2 is 2.00 bits per heavy atom. The molecule has 0 unspecified atom stereocenters. The topological polar surface area (TPSA) is 94.7 Å². The zero-order valence-electron chi connectivity index (χ0n) is 17.8. The van der Waals surface area contributed by atoms with Crippen LogP contribution in [-0.2, 0) is 11.3 Å². The van der Waals surface area contributed by atoms with Gasteiger partial charge >= 0.3 is 0 Å². The van der Waals surface area contributed by atoms with E-state index in [0.717, 1.165) is 37.6 Å². The molecule has 32 heavy (non-hydrogen) atoms. The lowest BCUT2D eigenvalue weighted by Gasteiger charge is -2.27. The third-order valence-electron chi connectivity index (χ3n) is 5.52. The van der Waals surface area contributed by atoms with E-state index in [1.54, 1.807) is 24.5 Å². The number of hydrogen-bond acceptors (Lipinski definition) is 8. The molecule has 9 nitrogen and oxygen atoms in total. The Hall–Kier alpha value is -3.14. The minimum absolute atomic E-state index is 0.124. The van der Waals surface area contributed by atoms with Crippen LogP contribution in [0.2, 0.25) is 0 Å². The Bertz CT molecular complexity index is 1080. The van der Waals surface area contributed by atoms with E-state index < -0.39 is 0 Å². The summed E-state index contributed by atoms with van der Waals surface area (Å²) in [6, 6.07) is 9.17. The number of carbonyl (C=O) groups excluding carboxylic acids is 1. The van der Waals surface area contributed by atoms with Gasteiger partial charge < -0.3 is 24.1 Å². The summed E-state index contributed by atoms with van der Waals surface area (Å²) in [7, 11) is 0. The van der Waals surface area contributed by atoms with Crippen LogP contribution in [0.1, 0.15) is 31.9 Å². The van der Waals surface area contributed by atoms with Crippen LogP contribution in [0.25, 0.3) is 0 Å². The van der Waals surface area contributed by atoms with Crippen LogP contribution in [0, 0.1) is 0 Å². The molecule has 168 valence electrons. The molecule has 0 saturated carbocycles. The summed E-state index contributed by atoms with van der Waals surface area (Å²) >= 11 is 1.38. The number of carbonyl (C=O) groups is 1. The van der Waals surface area contributed by atoms with E-state index in [1.807, 2.05) is 23.6 Å². The van der Waals surface area contributed by atoms with Crippen LogP contribution < -0.4 is 19.7 Å². The number of fused-ring (bicyclic) bond motifs is 1. The van der Waals surface area contributed by atoms with Crippen molar-refractivity contribution in [2.24, 2.45) is 0 Å². The first-order chi connectivity index (χ1) is 15.7. The Morgan fingerprint density at radius 3 is 2.81 bits per heavy atom. The molecule has 0 aliphatic carbocycles. The fraction of sp³-hybridized carbons (Fsp3) is 0.409. The summed E-state index contributed by atoms with van der Waals surface area (Å²) in [6.07, 6.45) is 5.19. The van der Waals surface area contributed by atoms with Gasteiger partial charge in [0.05, 0.1) is 18.1 Å². The average Bonchev–Trinajstić information content (AvgIpc) is 3.56. The van der Waals surface area contributed by atoms with Gasteiger partial charge in [-0.2, -0.15) is 0 Å². The number of amides is 1. The van der Waals surface area contributed by atoms with Gasteiger partial charge in [0.2, 0.25) is 18.6 Å². The highest BCUT2D eigenvalue weighted by molar-refractivity contribution is 8.00. The van der Waals surface area contributed by atoms with Crippen LogP contribution in [-0.4, -0.2) is 45.8 Å². The Balaban J connectivity index is 1.32. The van der Waals surface area contributed by atoms with Crippen molar-refractivity contribution < 1.29 is 18.7 Å². The monoisotopic (exact) mass is 455 g/mol. The lowest BCUT2D eigenvalue weighted by Crippen LogP contribution is -2.32. The Morgan fingerprint density at radius 1 is 1.16 bits per heavy atom. The number of anilines is 2. The molecule has 0 bridgehead atoms. The van der Waals surface area contributed by atoms with Crippen LogP contribution in [0.15, 0.2) is 46.2 Å². The minimum atomic E-state index is -0.380. The van der Waals surface area contributed by atoms with Gasteiger partial charge in [-0.1, -0.05) is 11.8 Å². The summed E-state index contributed by atoms with van der Waals surface area (Å²) in [4.78, 5) is 15.1. The van der Waals surface area contributed by atoms with Gasteiger partial charge in [0.15, 0.2) is 16.7 Å². The van der Waals surface area contributed by atoms with E-state index >= 15 is 0 Å². The summed E-state index contributed by atoms with van der Waals surface area (Å²) < 4.78 is 18.3. The maximum Gasteiger partial charge on any atom is 0.237 e. The van der Waals surface area contributed by atoms with Gasteiger partial charge in [0.1, 0.15) is 5.76 Å². The molecule has 1 saturated heterocycles. The van der Waals surface area contributed by atoms with Gasteiger partial charge in [-0.3, -0.25) is 9.36 Å². The first-order valence-electron chi connectivity index (χ1n) is 10.7. The number of rotatable bonds is 7. The Labute approximate surface area is 190 Å². The fourth-order valence-electron chi connectivity index (χ4n) is 3.82. The van der Waals surface area contributed by atoms with Crippen molar-refractivity contribution in [3.63, 3.8) is 0 Å². The zero-order valence-corrected chi connectivity index (χ0v) is 18.6. The maximum absolute atomic E-state index is 12.9. The SMILES string of the molecule is C[C@H](Sc1nnc(N2CCCCC2)n1Cc1ccco1)C(=O)Nc1ccc2c(c1)OCO2. The van der Waals surface area contributed by atoms with Crippen molar-refractivity contribution in [3.8, 4) is 11.5 Å². The molecule has 2 aromatic heterocycles. The van der Waals surface area contributed by atoms with Gasteiger partial charge in [0, 0.05) is 24.8 Å². The molecular weight excluding hydrogens is 430 g/mol. The molecule has 1 amide bonds. The van der Waals surface area contributed by atoms with Gasteiger partial charge in [-0.05, 0) is 50.5 Å². The normalized spacial score (nSPS) is 16.2. The molecule has 2 aliphatic heterocycles. The van der Waals surface area contributed by atoms with Crippen molar-refractivity contribution in [2.75, 3.05) is 30.1 Å². The van der Waals surface area contributed by atoms with Crippen LogP contribution in [0.4, 0.5) is 11.6 Å². The summed E-state index contributed by atoms with van der Waals surface area (Å²) in [5, 5.41) is 12.1. The first kappa shape index (κ1) is 20.7. The second kappa shape index (κ2) is 9.15. The van der Waals surface area contributed by atoms with E-state index in [0.29, 0.717) is 28.9 Å². The lowest BCUT2D eigenvalue weighted by atomic mass is 10.1. The largest absolute Gasteiger partial charge is 0.467 e. The molecule has 5 rings (SSSR count). The molecule has 1 atom stereocenters. The predicted octanol–water partition coefficient (Wildman–Crippen LogP) is 3.76. The van der Waals surface area contributed by atoms with Gasteiger partial charge in [0.25, 0.3) is 0 Å². The van der Waals surface area contributed by atoms with Crippen molar-refractivity contribution in [1.82, 2.24) is 14.8 Å². The number of benzene rings is 1. The number of hydrogen-bond donors (Lipinski definition) is 1. The highest BCUT2D eigenvalue weighted by Gasteiger charge is 2.25. The molecular formula is C22H25N5O4S. The summed E-state index contributed by atoms with van der Waals surface area (Å²) in [6.45, 7) is 4.50. The number of ether oxygens (including phenoxy) is 2. The summed E-state index contributed by atoms with van der Waals surface area (Å²) in [5.41, 5.74) is 0.665. The van der Waals surface area contributed by atoms with E-state index in [-0.39, 0.29) is 18.0 Å². The van der Waals surface area contributed by atoms with E-state index in [4.69, 9.17) is 13.9 Å². The van der Waals surface area contributed by atoms with Crippen LogP contribution >= 0.6 is 11.8 Å². The molecule has 0 radical (unpaired) electrons. The third kappa shape index (κ3) is 4.40. The molecule has 1 aromatic carbocycles. The second-order valence-electron chi connectivity index (χ2n) is 7.81. The molecule has 0 spiro atoms. The smallest absolute Gasteiger partial charge is 0.237 e. The van der Waals surface area contributed by atoms with Crippen LogP contribution in [0.5, 0.6) is 11.5 Å². The quantitative estimate of drug-likeness (QED) is 0.538. The standard InChI is InChI=1S/C22H25N5O4S/c1-15(20(28)23-16-7-8-18-19(12-16)31-14-30-18)32-22-25-24-21(26-9-3-2-4-10-26)27(22)13-17-6-5-11-29-17/h5-8,11-12,15H,2-4,9-10,13-14H2,1H3,(H,23,28)/t15-/m0/s1. The van der Waals surface area contributed by atoms with Crippen LogP contribution in [0.3, 0.4) is 0 Å². The van der Waals surface area contributed by atoms with Crippen molar-refractivity contribution in [3.05, 3.63) is 42.4 Å². The Kier molecular flexibility index (Phi) is 5.93. The number of thioether (sulfide) groups is 1. The lowest BCUT2D eigenvalue weighted by molar-refractivity contribution is -0.115. The van der Waals surface area contributed by atoms with Gasteiger partial charge in [-0.25, -0.2) is 0 Å². The van der Waals surface area contributed by atoms with E-state index in [9.17, 15) is 4.79 Å². The number of aromatic nitrogens is 3. The molecule has 4 heterocycles. The number of nitrogens with one attached hydrogen (secondary N) is 1. The number of piperidine rings is 1. The van der Waals surface area contributed by atoms with E-state index in [2.05, 4.69) is 20.4 Å². The van der Waals surface area contributed by atoms with Crippen molar-refractivity contribution >= 4 is 29.3 Å². The van der Waals surface area contributed by atoms with Crippen molar-refractivity contribution in [1.29, 1.82) is 0 Å². The number of nitrogens with zero attached hydrogens (tertiary/aromatic N) is 4. The average molecular weight is 456 g/mol. The highest BCUT2D eigenvalue weighted by Crippen LogP contribution is 2.35. The predicted molar refractivity (Wildman–Crippen MR) is 120 cm³/mol. The minimum Gasteiger partial charge on any atom is -0.467 e. The molecule has 1 fully saturated rings.